The summed E-state index contributed by atoms with van der Waals surface area (Å²) in [5, 5.41) is 11.7. The number of fused-ring (bicyclic) bond motifs is 2. The first-order chi connectivity index (χ1) is 17.9. The Labute approximate surface area is 241 Å². The van der Waals surface area contributed by atoms with Gasteiger partial charge < -0.3 is 21.3 Å². The minimum Gasteiger partial charge on any atom is -0.338 e. The van der Waals surface area contributed by atoms with E-state index < -0.39 is 0 Å². The third-order valence-corrected chi connectivity index (χ3v) is 9.56. The maximum Gasteiger partial charge on any atom is 0.319 e. The predicted octanol–water partition coefficient (Wildman–Crippen LogP) is 7.26. The van der Waals surface area contributed by atoms with Gasteiger partial charge in [-0.2, -0.15) is 0 Å². The fourth-order valence-electron chi connectivity index (χ4n) is 3.98. The third-order valence-electron chi connectivity index (χ3n) is 7.17. The highest BCUT2D eigenvalue weighted by molar-refractivity contribution is 7.83. The van der Waals surface area contributed by atoms with Gasteiger partial charge in [-0.05, 0) is 60.1 Å². The van der Waals surface area contributed by atoms with Crippen LogP contribution in [0.4, 0.5) is 21.0 Å². The van der Waals surface area contributed by atoms with Crippen molar-refractivity contribution in [2.45, 2.75) is 49.2 Å². The molecule has 0 unspecified atom stereocenters. The van der Waals surface area contributed by atoms with E-state index in [1.54, 1.807) is 0 Å². The summed E-state index contributed by atoms with van der Waals surface area (Å²) in [4.78, 5) is 33.5. The lowest BCUT2D eigenvalue weighted by atomic mass is 9.64. The molecule has 0 bridgehead atoms. The van der Waals surface area contributed by atoms with E-state index in [0.717, 1.165) is 33.3 Å². The van der Waals surface area contributed by atoms with Crippen LogP contribution in [0.1, 0.15) is 40.5 Å². The fourth-order valence-corrected chi connectivity index (χ4v) is 6.28. The minimum absolute atomic E-state index is 0.0786. The van der Waals surface area contributed by atoms with E-state index in [0.29, 0.717) is 33.1 Å². The van der Waals surface area contributed by atoms with Gasteiger partial charge in [0.25, 0.3) is 0 Å². The molecule has 4 amide bonds. The van der Waals surface area contributed by atoms with Crippen LogP contribution < -0.4 is 21.3 Å². The Morgan fingerprint density at radius 1 is 0.737 bits per heavy atom. The number of carbonyl (C=O) groups is 2. The molecule has 12 heteroatoms. The molecule has 4 aromatic rings. The smallest absolute Gasteiger partial charge is 0.319 e. The highest BCUT2D eigenvalue weighted by Gasteiger charge is 2.36. The van der Waals surface area contributed by atoms with Crippen molar-refractivity contribution in [2.75, 3.05) is 23.7 Å². The van der Waals surface area contributed by atoms with E-state index in [1.165, 1.54) is 22.7 Å². The summed E-state index contributed by atoms with van der Waals surface area (Å²) in [5.74, 6) is 0. The number of urea groups is 2. The second kappa shape index (κ2) is 11.7. The summed E-state index contributed by atoms with van der Waals surface area (Å²) in [6.07, 6.45) is 1.58. The standard InChI is InChI=1S/C26H32N6O2S4/c1-25(2,9-11-27-21(33)29-15-5-7-17-19(13-15)37-23(35)31-17)26(3,4)10-12-28-22(34)30-16-6-8-18-20(14-16)38-24(36)32-18/h5-8,13-14H,9-12H2,1-4H3,(H,31,35)(H,32,36)(H2,27,29,33)(H2,28,30,34). The Hall–Kier alpha value is -2.54. The summed E-state index contributed by atoms with van der Waals surface area (Å²) in [7, 11) is 0. The summed E-state index contributed by atoms with van der Waals surface area (Å²) in [6.45, 7) is 9.85. The zero-order valence-corrected chi connectivity index (χ0v) is 25.1. The molecule has 0 saturated carbocycles. The van der Waals surface area contributed by atoms with Gasteiger partial charge in [-0.15, -0.1) is 47.9 Å². The van der Waals surface area contributed by atoms with Crippen molar-refractivity contribution < 1.29 is 9.59 Å². The van der Waals surface area contributed by atoms with E-state index in [2.05, 4.69) is 84.2 Å². The van der Waals surface area contributed by atoms with Crippen LogP contribution in [-0.4, -0.2) is 35.1 Å². The molecule has 4 rings (SSSR count). The van der Waals surface area contributed by atoms with Gasteiger partial charge in [0.1, 0.15) is 8.68 Å². The number of anilines is 2. The molecule has 38 heavy (non-hydrogen) atoms. The van der Waals surface area contributed by atoms with Gasteiger partial charge in [0.05, 0.1) is 20.4 Å². The average Bonchev–Trinajstić information content (AvgIpc) is 3.38. The van der Waals surface area contributed by atoms with Crippen molar-refractivity contribution in [1.82, 2.24) is 20.6 Å². The summed E-state index contributed by atoms with van der Waals surface area (Å²) < 4.78 is 3.35. The van der Waals surface area contributed by atoms with E-state index in [9.17, 15) is 9.59 Å². The Balaban J connectivity index is 1.20. The lowest BCUT2D eigenvalue weighted by Crippen LogP contribution is -2.40. The second-order valence-electron chi connectivity index (χ2n) is 10.4. The largest absolute Gasteiger partial charge is 0.338 e. The summed E-state index contributed by atoms with van der Waals surface area (Å²) in [6, 6.07) is 10.7. The molecule has 2 aromatic carbocycles. The van der Waals surface area contributed by atoms with Gasteiger partial charge in [0.2, 0.25) is 0 Å². The summed E-state index contributed by atoms with van der Waals surface area (Å²) >= 11 is 11.5. The maximum atomic E-state index is 12.4. The van der Waals surface area contributed by atoms with Crippen LogP contribution in [0.5, 0.6) is 0 Å². The normalized spacial score (nSPS) is 12.1. The lowest BCUT2D eigenvalue weighted by molar-refractivity contribution is 0.0896. The molecule has 0 saturated heterocycles. The third kappa shape index (κ3) is 7.10. The zero-order chi connectivity index (χ0) is 27.5. The number of benzene rings is 2. The number of nitrogens with zero attached hydrogens (tertiary/aromatic N) is 2. The highest BCUT2D eigenvalue weighted by atomic mass is 32.2. The number of hydrogen-bond acceptors (Lipinski definition) is 8. The molecule has 0 fully saturated rings. The lowest BCUT2D eigenvalue weighted by Gasteiger charge is -2.42. The van der Waals surface area contributed by atoms with Crippen LogP contribution in [0, 0.1) is 10.8 Å². The average molecular weight is 589 g/mol. The van der Waals surface area contributed by atoms with Gasteiger partial charge >= 0.3 is 12.1 Å². The van der Waals surface area contributed by atoms with Crippen molar-refractivity contribution in [2.24, 2.45) is 10.8 Å². The molecular weight excluding hydrogens is 557 g/mol. The first-order valence-corrected chi connectivity index (χ1v) is 14.7. The SMILES string of the molecule is CC(C)(CCNC(=O)Nc1ccc2nc(S)sc2c1)C(C)(C)CCNC(=O)Nc1ccc2nc(S)sc2c1. The van der Waals surface area contributed by atoms with Crippen LogP contribution in [0.25, 0.3) is 20.4 Å². The zero-order valence-electron chi connectivity index (χ0n) is 21.7. The number of thiol groups is 2. The fraction of sp³-hybridized carbons (Fsp3) is 0.385. The van der Waals surface area contributed by atoms with Crippen LogP contribution >= 0.6 is 47.9 Å². The second-order valence-corrected chi connectivity index (χ2v) is 13.9. The van der Waals surface area contributed by atoms with E-state index in [4.69, 9.17) is 0 Å². The quantitative estimate of drug-likeness (QED) is 0.116. The van der Waals surface area contributed by atoms with E-state index in [-0.39, 0.29) is 22.9 Å². The van der Waals surface area contributed by atoms with Gasteiger partial charge in [0.15, 0.2) is 0 Å². The van der Waals surface area contributed by atoms with Gasteiger partial charge in [0, 0.05) is 24.5 Å². The molecule has 2 heterocycles. The molecule has 4 N–H and O–H groups in total. The molecule has 202 valence electrons. The minimum atomic E-state index is -0.242. The molecule has 0 spiro atoms. The van der Waals surface area contributed by atoms with Crippen molar-refractivity contribution in [3.63, 3.8) is 0 Å². The Bertz CT molecular complexity index is 1350. The molecule has 0 aliphatic heterocycles. The van der Waals surface area contributed by atoms with E-state index >= 15 is 0 Å². The topological polar surface area (TPSA) is 108 Å². The van der Waals surface area contributed by atoms with Gasteiger partial charge in [-0.1, -0.05) is 27.7 Å². The number of hydrogen-bond donors (Lipinski definition) is 6. The Morgan fingerprint density at radius 3 is 1.53 bits per heavy atom. The number of nitrogens with one attached hydrogen (secondary N) is 4. The molecule has 0 aliphatic rings. The first-order valence-electron chi connectivity index (χ1n) is 12.2. The molecular formula is C26H32N6O2S4. The van der Waals surface area contributed by atoms with Crippen LogP contribution in [-0.2, 0) is 0 Å². The first kappa shape index (κ1) is 28.5. The van der Waals surface area contributed by atoms with Gasteiger partial charge in [-0.3, -0.25) is 0 Å². The molecule has 2 aromatic heterocycles. The van der Waals surface area contributed by atoms with Crippen LogP contribution in [0.3, 0.4) is 0 Å². The van der Waals surface area contributed by atoms with Crippen molar-refractivity contribution in [1.29, 1.82) is 0 Å². The maximum absolute atomic E-state index is 12.4. The summed E-state index contributed by atoms with van der Waals surface area (Å²) in [5.41, 5.74) is 3.01. The van der Waals surface area contributed by atoms with E-state index in [1.807, 2.05) is 36.4 Å². The van der Waals surface area contributed by atoms with Crippen LogP contribution in [0.15, 0.2) is 45.1 Å². The number of rotatable bonds is 9. The molecule has 8 nitrogen and oxygen atoms in total. The number of thiazole rings is 2. The Morgan fingerprint density at radius 2 is 1.13 bits per heavy atom. The van der Waals surface area contributed by atoms with Gasteiger partial charge in [-0.25, -0.2) is 19.6 Å². The number of amides is 4. The van der Waals surface area contributed by atoms with Crippen molar-refractivity contribution in [3.05, 3.63) is 36.4 Å². The molecule has 0 aliphatic carbocycles. The van der Waals surface area contributed by atoms with Crippen molar-refractivity contribution in [3.8, 4) is 0 Å². The number of aromatic nitrogens is 2. The highest BCUT2D eigenvalue weighted by Crippen LogP contribution is 2.43. The Kier molecular flexibility index (Phi) is 8.75. The number of carbonyl (C=O) groups excluding carboxylic acids is 2. The molecule has 0 radical (unpaired) electrons. The van der Waals surface area contributed by atoms with Crippen LogP contribution in [0.2, 0.25) is 0 Å². The van der Waals surface area contributed by atoms with Crippen molar-refractivity contribution >= 4 is 91.8 Å². The monoisotopic (exact) mass is 588 g/mol. The molecule has 0 atom stereocenters. The predicted molar refractivity (Wildman–Crippen MR) is 165 cm³/mol.